The van der Waals surface area contributed by atoms with E-state index in [2.05, 4.69) is 16.0 Å². The van der Waals surface area contributed by atoms with Crippen LogP contribution in [0.1, 0.15) is 0 Å². The molecule has 2 aromatic heterocycles. The van der Waals surface area contributed by atoms with Crippen molar-refractivity contribution in [1.82, 2.24) is 9.97 Å². The Hall–Kier alpha value is -1.74. The molecule has 2 heterocycles. The van der Waals surface area contributed by atoms with Crippen LogP contribution in [0.5, 0.6) is 0 Å². The van der Waals surface area contributed by atoms with Crippen LogP contribution in [0, 0.1) is 4.51 Å². The van der Waals surface area contributed by atoms with Crippen LogP contribution < -0.4 is 0 Å². The second-order valence-electron chi connectivity index (χ2n) is 3.40. The minimum atomic E-state index is 0.853. The third-order valence-corrected chi connectivity index (χ3v) is 2.87. The van der Waals surface area contributed by atoms with Gasteiger partial charge in [0.25, 0.3) is 0 Å². The molecule has 0 fully saturated rings. The maximum absolute atomic E-state index is 5.27. The summed E-state index contributed by atoms with van der Waals surface area (Å²) in [7, 11) is 0. The number of rotatable bonds is 0. The summed E-state index contributed by atoms with van der Waals surface area (Å²) in [6, 6.07) is 9.93. The summed E-state index contributed by atoms with van der Waals surface area (Å²) in [4.78, 5) is 7.57. The summed E-state index contributed by atoms with van der Waals surface area (Å²) in [5.41, 5.74) is 2.05. The molecule has 15 heavy (non-hydrogen) atoms. The first-order chi connectivity index (χ1) is 7.36. The van der Waals surface area contributed by atoms with Gasteiger partial charge in [-0.2, -0.15) is 0 Å². The highest BCUT2D eigenvalue weighted by molar-refractivity contribution is 7.71. The van der Waals surface area contributed by atoms with Gasteiger partial charge in [0.2, 0.25) is 0 Å². The highest BCUT2D eigenvalue weighted by Gasteiger charge is 2.01. The van der Waals surface area contributed by atoms with Crippen LogP contribution >= 0.6 is 12.2 Å². The molecule has 0 aliphatic rings. The zero-order valence-electron chi connectivity index (χ0n) is 7.90. The summed E-state index contributed by atoms with van der Waals surface area (Å²) in [5, 5.41) is 2.15. The van der Waals surface area contributed by atoms with Crippen molar-refractivity contribution in [3.63, 3.8) is 0 Å². The first-order valence-electron chi connectivity index (χ1n) is 4.71. The number of hydrogen-bond donors (Lipinski definition) is 1. The lowest BCUT2D eigenvalue weighted by Gasteiger charge is -2.02. The van der Waals surface area contributed by atoms with Crippen LogP contribution in [-0.2, 0) is 0 Å². The molecular weight excluding hydrogens is 204 g/mol. The van der Waals surface area contributed by atoms with Gasteiger partial charge in [0.1, 0.15) is 0 Å². The van der Waals surface area contributed by atoms with Crippen LogP contribution in [-0.4, -0.2) is 9.97 Å². The summed E-state index contributed by atoms with van der Waals surface area (Å²) >= 11 is 5.27. The van der Waals surface area contributed by atoms with Crippen LogP contribution in [0.15, 0.2) is 42.7 Å². The normalized spacial score (nSPS) is 10.9. The Balaban J connectivity index is 2.67. The summed E-state index contributed by atoms with van der Waals surface area (Å²) in [6.07, 6.45) is 3.67. The number of fused-ring (bicyclic) bond motifs is 3. The number of H-pyrrole nitrogens is 1. The first-order valence-corrected chi connectivity index (χ1v) is 5.12. The lowest BCUT2D eigenvalue weighted by molar-refractivity contribution is 1.39. The van der Waals surface area contributed by atoms with E-state index in [1.165, 1.54) is 0 Å². The van der Waals surface area contributed by atoms with Gasteiger partial charge in [0.05, 0.1) is 5.52 Å². The average Bonchev–Trinajstić information content (AvgIpc) is 2.29. The standard InChI is InChI=1S/C12H8N2S/c15-11-5-7-14-12-8-2-1-6-13-10(8)4-3-9(11)12/h1-7,13H. The Morgan fingerprint density at radius 1 is 1.07 bits per heavy atom. The molecule has 0 amide bonds. The van der Waals surface area contributed by atoms with Crippen molar-refractivity contribution >= 4 is 34.0 Å². The predicted molar refractivity (Wildman–Crippen MR) is 64.4 cm³/mol. The predicted octanol–water partition coefficient (Wildman–Crippen LogP) is 3.45. The van der Waals surface area contributed by atoms with Gasteiger partial charge in [0, 0.05) is 33.2 Å². The van der Waals surface area contributed by atoms with E-state index in [0.717, 1.165) is 26.3 Å². The monoisotopic (exact) mass is 212 g/mol. The van der Waals surface area contributed by atoms with Crippen molar-refractivity contribution in [2.24, 2.45) is 0 Å². The quantitative estimate of drug-likeness (QED) is 0.456. The van der Waals surface area contributed by atoms with Crippen molar-refractivity contribution in [3.05, 3.63) is 47.2 Å². The molecule has 3 rings (SSSR count). The van der Waals surface area contributed by atoms with Crippen LogP contribution in [0.3, 0.4) is 0 Å². The van der Waals surface area contributed by atoms with E-state index < -0.39 is 0 Å². The fraction of sp³-hybridized carbons (Fsp3) is 0. The van der Waals surface area contributed by atoms with Crippen LogP contribution in [0.25, 0.3) is 21.8 Å². The van der Waals surface area contributed by atoms with Crippen molar-refractivity contribution in [1.29, 1.82) is 0 Å². The molecule has 0 saturated carbocycles. The molecule has 0 saturated heterocycles. The highest BCUT2D eigenvalue weighted by atomic mass is 32.1. The van der Waals surface area contributed by atoms with Gasteiger partial charge >= 0.3 is 0 Å². The molecule has 0 bridgehead atoms. The van der Waals surface area contributed by atoms with Gasteiger partial charge in [-0.3, -0.25) is 4.98 Å². The molecule has 0 radical (unpaired) electrons. The molecule has 72 valence electrons. The van der Waals surface area contributed by atoms with Crippen molar-refractivity contribution in [2.45, 2.75) is 0 Å². The molecule has 1 aromatic carbocycles. The first kappa shape index (κ1) is 8.56. The topological polar surface area (TPSA) is 28.7 Å². The molecule has 3 heteroatoms. The van der Waals surface area contributed by atoms with E-state index in [-0.39, 0.29) is 0 Å². The van der Waals surface area contributed by atoms with Gasteiger partial charge in [-0.15, -0.1) is 0 Å². The van der Waals surface area contributed by atoms with E-state index in [1.807, 2.05) is 30.5 Å². The fourth-order valence-electron chi connectivity index (χ4n) is 1.79. The fourth-order valence-corrected chi connectivity index (χ4v) is 2.02. The van der Waals surface area contributed by atoms with Crippen molar-refractivity contribution < 1.29 is 0 Å². The average molecular weight is 212 g/mol. The molecule has 1 N–H and O–H groups in total. The number of nitrogens with zero attached hydrogens (tertiary/aromatic N) is 1. The third kappa shape index (κ3) is 1.24. The van der Waals surface area contributed by atoms with E-state index in [9.17, 15) is 0 Å². The van der Waals surface area contributed by atoms with E-state index >= 15 is 0 Å². The smallest absolute Gasteiger partial charge is 0.0809 e. The SMILES string of the molecule is S=c1ccnc2c1ccc1[nH]cccc12. The summed E-state index contributed by atoms with van der Waals surface area (Å²) in [6.45, 7) is 0. The number of pyridine rings is 2. The van der Waals surface area contributed by atoms with E-state index in [0.29, 0.717) is 0 Å². The van der Waals surface area contributed by atoms with E-state index in [1.54, 1.807) is 6.20 Å². The molecular formula is C12H8N2S. The summed E-state index contributed by atoms with van der Waals surface area (Å²) < 4.78 is 0.853. The zero-order chi connectivity index (χ0) is 10.3. The van der Waals surface area contributed by atoms with Crippen LogP contribution in [0.4, 0.5) is 0 Å². The van der Waals surface area contributed by atoms with Gasteiger partial charge in [-0.25, -0.2) is 0 Å². The van der Waals surface area contributed by atoms with Gasteiger partial charge in [-0.1, -0.05) is 12.2 Å². The Kier molecular flexibility index (Phi) is 1.79. The van der Waals surface area contributed by atoms with Crippen molar-refractivity contribution in [3.8, 4) is 0 Å². The molecule has 0 unspecified atom stereocenters. The zero-order valence-corrected chi connectivity index (χ0v) is 8.71. The maximum Gasteiger partial charge on any atom is 0.0809 e. The number of aromatic amines is 1. The van der Waals surface area contributed by atoms with Gasteiger partial charge < -0.3 is 4.98 Å². The molecule has 0 spiro atoms. The van der Waals surface area contributed by atoms with Crippen molar-refractivity contribution in [2.75, 3.05) is 0 Å². The summed E-state index contributed by atoms with van der Waals surface area (Å²) in [5.74, 6) is 0. The second kappa shape index (κ2) is 3.14. The number of aromatic nitrogens is 2. The highest BCUT2D eigenvalue weighted by Crippen LogP contribution is 2.22. The molecule has 0 aliphatic carbocycles. The Morgan fingerprint density at radius 3 is 2.93 bits per heavy atom. The largest absolute Gasteiger partial charge is 0.361 e. The second-order valence-corrected chi connectivity index (χ2v) is 3.84. The lowest BCUT2D eigenvalue weighted by Crippen LogP contribution is -1.83. The maximum atomic E-state index is 5.27. The Bertz CT molecular complexity index is 700. The lowest BCUT2D eigenvalue weighted by atomic mass is 10.1. The Morgan fingerprint density at radius 2 is 2.00 bits per heavy atom. The molecule has 2 nitrogen and oxygen atoms in total. The number of nitrogens with one attached hydrogen (secondary N) is 1. The molecule has 0 aliphatic heterocycles. The minimum absolute atomic E-state index is 0.853. The number of hydrogen-bond acceptors (Lipinski definition) is 2. The van der Waals surface area contributed by atoms with Gasteiger partial charge in [-0.05, 0) is 30.3 Å². The Labute approximate surface area is 91.6 Å². The third-order valence-electron chi connectivity index (χ3n) is 2.51. The number of benzene rings is 1. The van der Waals surface area contributed by atoms with Gasteiger partial charge in [0.15, 0.2) is 0 Å². The molecule has 3 aromatic rings. The van der Waals surface area contributed by atoms with Crippen LogP contribution in [0.2, 0.25) is 0 Å². The minimum Gasteiger partial charge on any atom is -0.361 e. The molecule has 0 atom stereocenters. The van der Waals surface area contributed by atoms with E-state index in [4.69, 9.17) is 12.2 Å².